The Kier molecular flexibility index (Phi) is 6.16. The van der Waals surface area contributed by atoms with Crippen molar-refractivity contribution >= 4 is 38.6 Å². The van der Waals surface area contributed by atoms with E-state index in [1.807, 2.05) is 0 Å². The number of hydrogen-bond donors (Lipinski definition) is 0. The van der Waals surface area contributed by atoms with E-state index in [4.69, 9.17) is 21.1 Å². The van der Waals surface area contributed by atoms with E-state index < -0.39 is 21.2 Å². The fraction of sp³-hybridized carbons (Fsp3) is 0.267. The third kappa shape index (κ3) is 4.08. The smallest absolute Gasteiger partial charge is 0.323 e. The molecule has 27 heavy (non-hydrogen) atoms. The maximum Gasteiger partial charge on any atom is 0.323 e. The van der Waals surface area contributed by atoms with Gasteiger partial charge in [0.25, 0.3) is 0 Å². The van der Waals surface area contributed by atoms with Crippen LogP contribution in [0.2, 0.25) is 5.02 Å². The van der Waals surface area contributed by atoms with Crippen molar-refractivity contribution in [2.45, 2.75) is 5.76 Å². The molecule has 0 amide bonds. The number of carbonyl (C=O) groups excluding carboxylic acids is 1. The molecule has 2 rings (SSSR count). The molecule has 1 heterocycles. The molecular weight excluding hydrogens is 406 g/mol. The molecule has 0 fully saturated rings. The van der Waals surface area contributed by atoms with E-state index in [9.17, 15) is 17.8 Å². The molecule has 1 atom stereocenters. The highest BCUT2D eigenvalue weighted by Gasteiger charge is 2.29. The summed E-state index contributed by atoms with van der Waals surface area (Å²) in [5.74, 6) is -1.36. The molecule has 0 saturated heterocycles. The first-order chi connectivity index (χ1) is 12.6. The summed E-state index contributed by atoms with van der Waals surface area (Å²) in [6.07, 6.45) is 0. The summed E-state index contributed by atoms with van der Waals surface area (Å²) in [5.41, 5.74) is -0.347. The highest BCUT2D eigenvalue weighted by Crippen LogP contribution is 2.33. The van der Waals surface area contributed by atoms with Crippen LogP contribution in [0.5, 0.6) is 12.0 Å². The summed E-state index contributed by atoms with van der Waals surface area (Å²) in [6.45, 7) is 0. The van der Waals surface area contributed by atoms with Crippen molar-refractivity contribution in [1.82, 2.24) is 15.0 Å². The predicted molar refractivity (Wildman–Crippen MR) is 97.5 cm³/mol. The molecule has 1 aromatic carbocycles. The van der Waals surface area contributed by atoms with Crippen molar-refractivity contribution in [1.29, 1.82) is 0 Å². The van der Waals surface area contributed by atoms with Crippen LogP contribution in [0.25, 0.3) is 0 Å². The van der Waals surface area contributed by atoms with E-state index in [-0.39, 0.29) is 34.1 Å². The van der Waals surface area contributed by atoms with Crippen LogP contribution in [-0.2, 0) is 9.71 Å². The van der Waals surface area contributed by atoms with Gasteiger partial charge in [-0.25, -0.2) is 4.21 Å². The van der Waals surface area contributed by atoms with Crippen LogP contribution in [0.4, 0.5) is 14.5 Å². The van der Waals surface area contributed by atoms with Gasteiger partial charge in [0.2, 0.25) is 11.6 Å². The lowest BCUT2D eigenvalue weighted by Gasteiger charge is -2.26. The summed E-state index contributed by atoms with van der Waals surface area (Å²) in [5, 5.41) is -0.0756. The van der Waals surface area contributed by atoms with Crippen LogP contribution in [0, 0.1) is 0 Å². The molecule has 0 N–H and O–H groups in total. The van der Waals surface area contributed by atoms with Gasteiger partial charge in [0.1, 0.15) is 9.71 Å². The standard InChI is InChI=1S/C15H15ClF2N4O4S/c1-22(27(4,24)13(17)18)10-8(6-5-7-9(10)16)11(23)12-19-14(25-2)21-15(20-12)26-3/h5-7,13H,4H2,1-3H3. The topological polar surface area (TPSA) is 94.5 Å². The largest absolute Gasteiger partial charge is 0.467 e. The number of rotatable bonds is 7. The van der Waals surface area contributed by atoms with Crippen LogP contribution in [0.3, 0.4) is 0 Å². The van der Waals surface area contributed by atoms with Crippen LogP contribution in [0.15, 0.2) is 18.2 Å². The zero-order chi connectivity index (χ0) is 20.4. The zero-order valence-corrected chi connectivity index (χ0v) is 16.1. The maximum atomic E-state index is 13.2. The molecule has 8 nitrogen and oxygen atoms in total. The number of benzene rings is 1. The fourth-order valence-corrected chi connectivity index (χ4v) is 3.13. The Hall–Kier alpha value is -2.53. The number of nitrogens with zero attached hydrogens (tertiary/aromatic N) is 4. The molecule has 1 aromatic heterocycles. The van der Waals surface area contributed by atoms with Gasteiger partial charge in [-0.3, -0.25) is 9.10 Å². The summed E-state index contributed by atoms with van der Waals surface area (Å²) in [7, 11) is -0.390. The van der Waals surface area contributed by atoms with E-state index in [0.717, 1.165) is 7.05 Å². The van der Waals surface area contributed by atoms with Crippen molar-refractivity contribution in [2.75, 3.05) is 25.6 Å². The van der Waals surface area contributed by atoms with Gasteiger partial charge >= 0.3 is 17.8 Å². The minimum absolute atomic E-state index is 0.0756. The number of para-hydroxylation sites is 1. The van der Waals surface area contributed by atoms with Gasteiger partial charge < -0.3 is 9.47 Å². The Labute approximate surface area is 159 Å². The van der Waals surface area contributed by atoms with Gasteiger partial charge in [-0.15, -0.1) is 4.98 Å². The number of alkyl halides is 2. The number of ether oxygens (including phenoxy) is 2. The first kappa shape index (κ1) is 20.8. The number of halogens is 3. The van der Waals surface area contributed by atoms with Crippen molar-refractivity contribution < 1.29 is 27.3 Å². The number of carbonyl (C=O) groups is 1. The molecule has 2 aromatic rings. The molecule has 0 aliphatic carbocycles. The van der Waals surface area contributed by atoms with E-state index >= 15 is 0 Å². The van der Waals surface area contributed by atoms with Gasteiger partial charge in [-0.2, -0.15) is 18.7 Å². The van der Waals surface area contributed by atoms with Gasteiger partial charge in [-0.05, 0) is 18.0 Å². The molecular formula is C15H15ClF2N4O4S. The Balaban J connectivity index is 2.64. The lowest BCUT2D eigenvalue weighted by Crippen LogP contribution is -2.33. The summed E-state index contributed by atoms with van der Waals surface area (Å²) < 4.78 is 49.0. The molecule has 0 aliphatic heterocycles. The van der Waals surface area contributed by atoms with Crippen molar-refractivity contribution in [3.63, 3.8) is 0 Å². The van der Waals surface area contributed by atoms with Crippen LogP contribution in [-0.4, -0.2) is 57.8 Å². The first-order valence-electron chi connectivity index (χ1n) is 7.18. The third-order valence-corrected chi connectivity index (χ3v) is 5.42. The number of methoxy groups -OCH3 is 2. The van der Waals surface area contributed by atoms with Crippen molar-refractivity contribution in [3.05, 3.63) is 34.6 Å². The molecule has 12 heteroatoms. The minimum atomic E-state index is -4.06. The average molecular weight is 421 g/mol. The van der Waals surface area contributed by atoms with Crippen molar-refractivity contribution in [2.24, 2.45) is 0 Å². The normalized spacial score (nSPS) is 13.1. The second-order valence-corrected chi connectivity index (χ2v) is 7.74. The van der Waals surface area contributed by atoms with Gasteiger partial charge in [-0.1, -0.05) is 17.7 Å². The number of hydrogen-bond acceptors (Lipinski definition) is 7. The number of anilines is 1. The minimum Gasteiger partial charge on any atom is -0.467 e. The lowest BCUT2D eigenvalue weighted by molar-refractivity contribution is 0.102. The SMILES string of the molecule is C=S(=O)(C(F)F)N(C)c1c(Cl)cccc1C(=O)c1nc(OC)nc(OC)n1. The molecule has 0 spiro atoms. The molecule has 1 unspecified atom stereocenters. The number of aromatic nitrogens is 3. The third-order valence-electron chi connectivity index (χ3n) is 3.45. The Morgan fingerprint density at radius 1 is 1.22 bits per heavy atom. The molecule has 0 aliphatic rings. The van der Waals surface area contributed by atoms with Crippen molar-refractivity contribution in [3.8, 4) is 12.0 Å². The predicted octanol–water partition coefficient (Wildman–Crippen LogP) is 2.06. The Morgan fingerprint density at radius 2 is 1.78 bits per heavy atom. The highest BCUT2D eigenvalue weighted by molar-refractivity contribution is 8.01. The molecule has 0 radical (unpaired) electrons. The van der Waals surface area contributed by atoms with Crippen LogP contribution >= 0.6 is 11.6 Å². The number of ketones is 1. The fourth-order valence-electron chi connectivity index (χ4n) is 2.04. The molecule has 0 saturated carbocycles. The van der Waals surface area contributed by atoms with Crippen LogP contribution < -0.4 is 13.8 Å². The first-order valence-corrected chi connectivity index (χ1v) is 9.31. The Bertz CT molecular complexity index is 950. The quantitative estimate of drug-likeness (QED) is 0.499. The summed E-state index contributed by atoms with van der Waals surface area (Å²) in [6, 6.07) is 3.73. The monoisotopic (exact) mass is 420 g/mol. The zero-order valence-electron chi connectivity index (χ0n) is 14.5. The molecule has 146 valence electrons. The average Bonchev–Trinajstić information content (AvgIpc) is 2.65. The van der Waals surface area contributed by atoms with E-state index in [2.05, 4.69) is 20.8 Å². The van der Waals surface area contributed by atoms with E-state index in [1.54, 1.807) is 0 Å². The van der Waals surface area contributed by atoms with Gasteiger partial charge in [0, 0.05) is 7.05 Å². The second kappa shape index (κ2) is 8.01. The molecule has 0 bridgehead atoms. The lowest BCUT2D eigenvalue weighted by atomic mass is 10.1. The van der Waals surface area contributed by atoms with Crippen LogP contribution in [0.1, 0.15) is 16.2 Å². The van der Waals surface area contributed by atoms with Gasteiger partial charge in [0.05, 0.1) is 30.5 Å². The summed E-state index contributed by atoms with van der Waals surface area (Å²) >= 11 is 6.09. The summed E-state index contributed by atoms with van der Waals surface area (Å²) in [4.78, 5) is 24.3. The Morgan fingerprint density at radius 3 is 2.26 bits per heavy atom. The maximum absolute atomic E-state index is 13.2. The van der Waals surface area contributed by atoms with Gasteiger partial charge in [0.15, 0.2) is 0 Å². The van der Waals surface area contributed by atoms with E-state index in [1.165, 1.54) is 32.4 Å². The second-order valence-electron chi connectivity index (χ2n) is 5.05. The van der Waals surface area contributed by atoms with E-state index in [0.29, 0.717) is 4.31 Å². The highest BCUT2D eigenvalue weighted by atomic mass is 35.5.